The van der Waals surface area contributed by atoms with Crippen molar-refractivity contribution < 1.29 is 45.9 Å². The third-order valence-electron chi connectivity index (χ3n) is 3.91. The molecule has 0 aromatic heterocycles. The van der Waals surface area contributed by atoms with Gasteiger partial charge in [-0.15, -0.1) is 24.9 Å². The van der Waals surface area contributed by atoms with Gasteiger partial charge in [0, 0.05) is 7.05 Å². The Hall–Kier alpha value is -3.53. The molecule has 0 saturated heterocycles. The van der Waals surface area contributed by atoms with Crippen molar-refractivity contribution in [1.82, 2.24) is 9.62 Å². The average molecular weight is 553 g/mol. The molecule has 0 unspecified atom stereocenters. The average Bonchev–Trinajstić information content (AvgIpc) is 2.79. The van der Waals surface area contributed by atoms with Crippen LogP contribution in [0, 0.1) is 11.6 Å². The van der Waals surface area contributed by atoms with Crippen LogP contribution in [0.4, 0.5) is 37.2 Å². The lowest BCUT2D eigenvalue weighted by atomic mass is 10.2. The lowest BCUT2D eigenvalue weighted by Gasteiger charge is -2.25. The van der Waals surface area contributed by atoms with E-state index in [1.807, 2.05) is 0 Å². The molecule has 1 N–H and O–H groups in total. The van der Waals surface area contributed by atoms with Crippen LogP contribution in [0.25, 0.3) is 0 Å². The van der Waals surface area contributed by atoms with E-state index in [0.717, 1.165) is 53.8 Å². The van der Waals surface area contributed by atoms with Gasteiger partial charge in [0.05, 0.1) is 17.8 Å². The fourth-order valence-corrected chi connectivity index (χ4v) is 3.06. The van der Waals surface area contributed by atoms with Crippen molar-refractivity contribution in [1.29, 1.82) is 0 Å². The van der Waals surface area contributed by atoms with E-state index in [1.54, 1.807) is 18.5 Å². The van der Waals surface area contributed by atoms with Crippen molar-refractivity contribution in [3.63, 3.8) is 0 Å². The summed E-state index contributed by atoms with van der Waals surface area (Å²) < 4.78 is 70.4. The number of rotatable bonds is 6. The molecular weight excluding hydrogens is 535 g/mol. The van der Waals surface area contributed by atoms with Crippen LogP contribution in [-0.4, -0.2) is 47.0 Å². The van der Waals surface area contributed by atoms with Crippen molar-refractivity contribution in [2.24, 2.45) is 5.16 Å². The molecule has 4 amide bonds. The first-order chi connectivity index (χ1) is 16.8. The number of nitrogens with zero attached hydrogens (tertiary/aromatic N) is 3. The second kappa shape index (κ2) is 12.4. The Morgan fingerprint density at radius 2 is 1.61 bits per heavy atom. The molecule has 16 heteroatoms. The summed E-state index contributed by atoms with van der Waals surface area (Å²) in [6.07, 6.45) is -4.35. The molecule has 2 aromatic rings. The van der Waals surface area contributed by atoms with Gasteiger partial charge in [-0.3, -0.25) is 14.9 Å². The molecule has 0 fully saturated rings. The maximum Gasteiger partial charge on any atom is 0.573 e. The third-order valence-corrected chi connectivity index (χ3v) is 5.51. The number of oxime groups is 1. The minimum Gasteiger partial charge on any atom is -0.406 e. The minimum atomic E-state index is -4.97. The van der Waals surface area contributed by atoms with Crippen LogP contribution in [0.3, 0.4) is 0 Å². The van der Waals surface area contributed by atoms with E-state index >= 15 is 0 Å². The molecule has 2 aromatic carbocycles. The van der Waals surface area contributed by atoms with Gasteiger partial charge in [0.1, 0.15) is 28.0 Å². The smallest absolute Gasteiger partial charge is 0.406 e. The highest BCUT2D eigenvalue weighted by molar-refractivity contribution is 8.13. The van der Waals surface area contributed by atoms with Crippen LogP contribution >= 0.6 is 23.9 Å². The first-order valence-corrected chi connectivity index (χ1v) is 11.4. The zero-order valence-electron chi connectivity index (χ0n) is 18.6. The van der Waals surface area contributed by atoms with Crippen LogP contribution in [0.5, 0.6) is 5.75 Å². The predicted octanol–water partition coefficient (Wildman–Crippen LogP) is 5.55. The van der Waals surface area contributed by atoms with Crippen LogP contribution in [-0.2, 0) is 4.84 Å². The second-order valence-corrected chi connectivity index (χ2v) is 8.52. The molecule has 0 heterocycles. The van der Waals surface area contributed by atoms with Crippen LogP contribution in [0.15, 0.2) is 47.6 Å². The summed E-state index contributed by atoms with van der Waals surface area (Å²) in [6, 6.07) is 5.08. The molecule has 36 heavy (non-hydrogen) atoms. The summed E-state index contributed by atoms with van der Waals surface area (Å²) in [5.74, 6) is -4.54. The second-order valence-electron chi connectivity index (χ2n) is 6.44. The van der Waals surface area contributed by atoms with Crippen molar-refractivity contribution in [2.75, 3.05) is 17.6 Å². The molecule has 0 aliphatic rings. The van der Waals surface area contributed by atoms with Gasteiger partial charge >= 0.3 is 18.5 Å². The van der Waals surface area contributed by atoms with E-state index < -0.39 is 47.3 Å². The largest absolute Gasteiger partial charge is 0.573 e. The standard InChI is InChI=1S/C20H17F5N4O5S2/c1-11(35-3)27-34-19(32)28(2)36-29(12-7-9-13(10-8-12)33-20(23,24)25)18(31)26-17(30)16-14(21)5-4-6-15(16)22/h4-10H,1-3H3,(H,26,30,31)/b27-11+. The van der Waals surface area contributed by atoms with Crippen molar-refractivity contribution in [3.8, 4) is 5.75 Å². The molecule has 0 bridgehead atoms. The first kappa shape index (κ1) is 28.7. The Bertz CT molecular complexity index is 1130. The fraction of sp³-hybridized carbons (Fsp3) is 0.200. The van der Waals surface area contributed by atoms with Crippen LogP contribution < -0.4 is 14.4 Å². The number of ether oxygens (including phenoxy) is 1. The number of nitrogens with one attached hydrogen (secondary N) is 1. The highest BCUT2D eigenvalue weighted by Gasteiger charge is 2.31. The number of urea groups is 1. The summed E-state index contributed by atoms with van der Waals surface area (Å²) in [5.41, 5.74) is -1.18. The number of halogens is 5. The molecule has 194 valence electrons. The topological polar surface area (TPSA) is 101 Å². The molecule has 0 aliphatic heterocycles. The van der Waals surface area contributed by atoms with Gasteiger partial charge < -0.3 is 4.74 Å². The summed E-state index contributed by atoms with van der Waals surface area (Å²) in [5, 5.41) is 5.69. The Morgan fingerprint density at radius 1 is 1.03 bits per heavy atom. The van der Waals surface area contributed by atoms with Gasteiger partial charge in [-0.05, 0) is 49.6 Å². The number of thioether (sulfide) groups is 1. The zero-order chi connectivity index (χ0) is 27.0. The van der Waals surface area contributed by atoms with E-state index in [1.165, 1.54) is 11.8 Å². The lowest BCUT2D eigenvalue weighted by molar-refractivity contribution is -0.274. The molecule has 2 rings (SSSR count). The van der Waals surface area contributed by atoms with Crippen molar-refractivity contribution in [3.05, 3.63) is 59.7 Å². The Morgan fingerprint density at radius 3 is 2.14 bits per heavy atom. The summed E-state index contributed by atoms with van der Waals surface area (Å²) in [7, 11) is 1.16. The summed E-state index contributed by atoms with van der Waals surface area (Å²) >= 11 is 1.53. The monoisotopic (exact) mass is 552 g/mol. The van der Waals surface area contributed by atoms with Gasteiger partial charge in [0.25, 0.3) is 5.91 Å². The first-order valence-electron chi connectivity index (χ1n) is 9.49. The molecule has 0 radical (unpaired) electrons. The van der Waals surface area contributed by atoms with Crippen LogP contribution in [0.1, 0.15) is 17.3 Å². The number of benzene rings is 2. The highest BCUT2D eigenvalue weighted by Crippen LogP contribution is 2.29. The summed E-state index contributed by atoms with van der Waals surface area (Å²) in [6.45, 7) is 1.56. The van der Waals surface area contributed by atoms with E-state index in [2.05, 4.69) is 9.89 Å². The number of carbonyl (C=O) groups excluding carboxylic acids is 3. The Kier molecular flexibility index (Phi) is 9.92. The normalized spacial score (nSPS) is 11.5. The maximum atomic E-state index is 13.9. The number of carbonyl (C=O) groups is 3. The number of alkyl halides is 3. The maximum absolute atomic E-state index is 13.9. The molecule has 0 saturated carbocycles. The number of amides is 4. The van der Waals surface area contributed by atoms with Gasteiger partial charge in [0.15, 0.2) is 0 Å². The highest BCUT2D eigenvalue weighted by atomic mass is 32.2. The lowest BCUT2D eigenvalue weighted by Crippen LogP contribution is -2.42. The SMILES string of the molecule is CS/C(C)=N/OC(=O)N(C)SN(C(=O)NC(=O)c1c(F)cccc1F)c1ccc(OC(F)(F)F)cc1. The van der Waals surface area contributed by atoms with E-state index in [-0.39, 0.29) is 5.69 Å². The quantitative estimate of drug-likeness (QED) is 0.125. The molecular formula is C20H17F5N4O5S2. The van der Waals surface area contributed by atoms with Gasteiger partial charge in [-0.25, -0.2) is 27.0 Å². The van der Waals surface area contributed by atoms with Gasteiger partial charge in [0.2, 0.25) is 0 Å². The van der Waals surface area contributed by atoms with E-state index in [4.69, 9.17) is 4.84 Å². The number of hydrogen-bond donors (Lipinski definition) is 1. The van der Waals surface area contributed by atoms with E-state index in [9.17, 15) is 36.3 Å². The van der Waals surface area contributed by atoms with Gasteiger partial charge in [-0.2, -0.15) is 0 Å². The molecule has 0 aliphatic carbocycles. The molecule has 0 atom stereocenters. The number of hydrogen-bond acceptors (Lipinski definition) is 8. The fourth-order valence-electron chi connectivity index (χ4n) is 2.26. The minimum absolute atomic E-state index is 0.141. The summed E-state index contributed by atoms with van der Waals surface area (Å²) in [4.78, 5) is 42.1. The predicted molar refractivity (Wildman–Crippen MR) is 123 cm³/mol. The zero-order valence-corrected chi connectivity index (χ0v) is 20.3. The van der Waals surface area contributed by atoms with Crippen molar-refractivity contribution in [2.45, 2.75) is 13.3 Å². The molecule has 9 nitrogen and oxygen atoms in total. The van der Waals surface area contributed by atoms with E-state index in [0.29, 0.717) is 21.5 Å². The molecule has 0 spiro atoms. The Labute approximate surface area is 209 Å². The third kappa shape index (κ3) is 8.30. The Balaban J connectivity index is 2.31. The number of anilines is 1. The van der Waals surface area contributed by atoms with Crippen molar-refractivity contribution >= 4 is 52.7 Å². The van der Waals surface area contributed by atoms with Gasteiger partial charge in [-0.1, -0.05) is 11.2 Å². The van der Waals surface area contributed by atoms with Crippen LogP contribution in [0.2, 0.25) is 0 Å². The number of imide groups is 1.